The van der Waals surface area contributed by atoms with Gasteiger partial charge in [0.1, 0.15) is 11.6 Å². The van der Waals surface area contributed by atoms with E-state index in [4.69, 9.17) is 4.74 Å². The fourth-order valence-electron chi connectivity index (χ4n) is 2.39. The van der Waals surface area contributed by atoms with E-state index in [2.05, 4.69) is 10.4 Å². The molecule has 1 N–H and O–H groups in total. The topological polar surface area (TPSA) is 56.1 Å². The summed E-state index contributed by atoms with van der Waals surface area (Å²) in [6, 6.07) is 13.9. The number of amides is 1. The molecule has 1 aromatic heterocycles. The van der Waals surface area contributed by atoms with Crippen LogP contribution < -0.4 is 10.1 Å². The van der Waals surface area contributed by atoms with E-state index >= 15 is 0 Å². The average molecular weight is 351 g/mol. The molecule has 0 unspecified atom stereocenters. The van der Waals surface area contributed by atoms with Gasteiger partial charge in [-0.15, -0.1) is 0 Å². The van der Waals surface area contributed by atoms with Crippen molar-refractivity contribution in [2.75, 3.05) is 12.4 Å². The molecule has 2 aromatic carbocycles. The first-order chi connectivity index (χ1) is 12.6. The Bertz CT molecular complexity index is 917. The number of hydrogen-bond donors (Lipinski definition) is 1. The van der Waals surface area contributed by atoms with Crippen LogP contribution in [0.1, 0.15) is 11.1 Å². The molecule has 0 atom stereocenters. The lowest BCUT2D eigenvalue weighted by atomic mass is 10.2. The first kappa shape index (κ1) is 17.4. The number of carbonyl (C=O) groups is 1. The predicted molar refractivity (Wildman–Crippen MR) is 98.4 cm³/mol. The number of nitrogens with zero attached hydrogens (tertiary/aromatic N) is 2. The Labute approximate surface area is 150 Å². The summed E-state index contributed by atoms with van der Waals surface area (Å²) in [5, 5.41) is 6.87. The number of nitrogens with one attached hydrogen (secondary N) is 1. The average Bonchev–Trinajstić information content (AvgIpc) is 3.09. The Morgan fingerprint density at radius 3 is 2.73 bits per heavy atom. The van der Waals surface area contributed by atoms with Gasteiger partial charge in [0, 0.05) is 17.8 Å². The van der Waals surface area contributed by atoms with E-state index in [1.807, 2.05) is 24.3 Å². The molecule has 0 fully saturated rings. The lowest BCUT2D eigenvalue weighted by Gasteiger charge is -2.03. The van der Waals surface area contributed by atoms with Crippen LogP contribution in [0.4, 0.5) is 10.1 Å². The van der Waals surface area contributed by atoms with E-state index in [9.17, 15) is 9.18 Å². The number of ether oxygens (including phenoxy) is 1. The summed E-state index contributed by atoms with van der Waals surface area (Å²) in [5.41, 5.74) is 1.97. The monoisotopic (exact) mass is 351 g/mol. The highest BCUT2D eigenvalue weighted by Gasteiger charge is 2.05. The van der Waals surface area contributed by atoms with Crippen LogP contribution in [-0.2, 0) is 11.3 Å². The highest BCUT2D eigenvalue weighted by molar-refractivity contribution is 6.01. The molecule has 0 saturated heterocycles. The number of anilines is 1. The third-order valence-corrected chi connectivity index (χ3v) is 3.73. The van der Waals surface area contributed by atoms with Gasteiger partial charge in [0.05, 0.1) is 25.5 Å². The van der Waals surface area contributed by atoms with Crippen LogP contribution in [0.3, 0.4) is 0 Å². The maximum atomic E-state index is 13.7. The lowest BCUT2D eigenvalue weighted by molar-refractivity contribution is -0.111. The smallest absolute Gasteiger partial charge is 0.248 e. The molecule has 0 spiro atoms. The van der Waals surface area contributed by atoms with Gasteiger partial charge in [0.25, 0.3) is 0 Å². The number of aromatic nitrogens is 2. The zero-order valence-corrected chi connectivity index (χ0v) is 14.2. The van der Waals surface area contributed by atoms with Crippen LogP contribution in [0.15, 0.2) is 67.0 Å². The van der Waals surface area contributed by atoms with Crippen molar-refractivity contribution in [2.24, 2.45) is 0 Å². The largest absolute Gasteiger partial charge is 0.497 e. The number of hydrogen-bond acceptors (Lipinski definition) is 3. The molecule has 3 aromatic rings. The van der Waals surface area contributed by atoms with E-state index in [-0.39, 0.29) is 11.7 Å². The fourth-order valence-corrected chi connectivity index (χ4v) is 2.39. The van der Waals surface area contributed by atoms with Crippen LogP contribution in [0.2, 0.25) is 0 Å². The van der Waals surface area contributed by atoms with Gasteiger partial charge in [-0.3, -0.25) is 9.48 Å². The van der Waals surface area contributed by atoms with Crippen LogP contribution in [0, 0.1) is 5.82 Å². The third-order valence-electron chi connectivity index (χ3n) is 3.73. The summed E-state index contributed by atoms with van der Waals surface area (Å²) < 4.78 is 20.3. The van der Waals surface area contributed by atoms with Gasteiger partial charge in [-0.2, -0.15) is 5.10 Å². The molecule has 6 heteroatoms. The molecule has 0 radical (unpaired) electrons. The van der Waals surface area contributed by atoms with Crippen LogP contribution >= 0.6 is 0 Å². The molecular formula is C20H18FN3O2. The normalized spacial score (nSPS) is 10.8. The van der Waals surface area contributed by atoms with Crippen LogP contribution in [0.5, 0.6) is 5.75 Å². The van der Waals surface area contributed by atoms with Gasteiger partial charge in [-0.1, -0.05) is 30.3 Å². The number of methoxy groups -OCH3 is 1. The third kappa shape index (κ3) is 4.57. The summed E-state index contributed by atoms with van der Waals surface area (Å²) in [5.74, 6) is 0.205. The maximum Gasteiger partial charge on any atom is 0.248 e. The quantitative estimate of drug-likeness (QED) is 0.689. The Morgan fingerprint density at radius 2 is 2.00 bits per heavy atom. The van der Waals surface area contributed by atoms with Crippen molar-refractivity contribution in [2.45, 2.75) is 6.54 Å². The van der Waals surface area contributed by atoms with Crippen molar-refractivity contribution >= 4 is 17.7 Å². The van der Waals surface area contributed by atoms with E-state index in [1.54, 1.807) is 42.3 Å². The minimum absolute atomic E-state index is 0.272. The standard InChI is InChI=1S/C20H18FN3O2/c1-26-18-9-6-15(7-10-18)8-11-20(25)23-17-12-22-24(14-17)13-16-4-2-3-5-19(16)21/h2-12,14H,13H2,1H3,(H,23,25)/b11-8+. The molecule has 0 saturated carbocycles. The van der Waals surface area contributed by atoms with Gasteiger partial charge in [-0.05, 0) is 29.8 Å². The van der Waals surface area contributed by atoms with E-state index in [1.165, 1.54) is 18.3 Å². The second-order valence-electron chi connectivity index (χ2n) is 5.61. The molecule has 0 aliphatic carbocycles. The zero-order valence-electron chi connectivity index (χ0n) is 14.2. The number of benzene rings is 2. The van der Waals surface area contributed by atoms with E-state index in [0.29, 0.717) is 17.8 Å². The van der Waals surface area contributed by atoms with E-state index in [0.717, 1.165) is 11.3 Å². The summed E-state index contributed by atoms with van der Waals surface area (Å²) in [6.45, 7) is 0.296. The van der Waals surface area contributed by atoms with Gasteiger partial charge < -0.3 is 10.1 Å². The van der Waals surface area contributed by atoms with Gasteiger partial charge in [0.15, 0.2) is 0 Å². The maximum absolute atomic E-state index is 13.7. The highest BCUT2D eigenvalue weighted by atomic mass is 19.1. The molecular weight excluding hydrogens is 333 g/mol. The SMILES string of the molecule is COc1ccc(/C=C/C(=O)Nc2cnn(Cc3ccccc3F)c2)cc1. The molecule has 26 heavy (non-hydrogen) atoms. The highest BCUT2D eigenvalue weighted by Crippen LogP contribution is 2.13. The van der Waals surface area contributed by atoms with Crippen molar-refractivity contribution in [3.63, 3.8) is 0 Å². The fraction of sp³-hybridized carbons (Fsp3) is 0.100. The van der Waals surface area contributed by atoms with Crippen molar-refractivity contribution in [1.82, 2.24) is 9.78 Å². The second kappa shape index (κ2) is 8.11. The van der Waals surface area contributed by atoms with Crippen molar-refractivity contribution < 1.29 is 13.9 Å². The number of carbonyl (C=O) groups excluding carboxylic acids is 1. The first-order valence-electron chi connectivity index (χ1n) is 8.03. The van der Waals surface area contributed by atoms with E-state index < -0.39 is 0 Å². The number of rotatable bonds is 6. The van der Waals surface area contributed by atoms with Crippen LogP contribution in [0.25, 0.3) is 6.08 Å². The Hall–Kier alpha value is -3.41. The minimum atomic E-state index is -0.281. The summed E-state index contributed by atoms with van der Waals surface area (Å²) in [4.78, 5) is 12.0. The summed E-state index contributed by atoms with van der Waals surface area (Å²) >= 11 is 0. The van der Waals surface area contributed by atoms with Crippen molar-refractivity contribution in [3.8, 4) is 5.75 Å². The molecule has 3 rings (SSSR count). The predicted octanol–water partition coefficient (Wildman–Crippen LogP) is 3.73. The number of halogens is 1. The van der Waals surface area contributed by atoms with Crippen molar-refractivity contribution in [1.29, 1.82) is 0 Å². The lowest BCUT2D eigenvalue weighted by Crippen LogP contribution is -2.07. The molecule has 0 bridgehead atoms. The Balaban J connectivity index is 1.58. The Kier molecular flexibility index (Phi) is 5.43. The molecule has 1 amide bonds. The van der Waals surface area contributed by atoms with Crippen molar-refractivity contribution in [3.05, 3.63) is 83.9 Å². The second-order valence-corrected chi connectivity index (χ2v) is 5.61. The summed E-state index contributed by atoms with van der Waals surface area (Å²) in [7, 11) is 1.60. The minimum Gasteiger partial charge on any atom is -0.497 e. The first-order valence-corrected chi connectivity index (χ1v) is 8.03. The zero-order chi connectivity index (χ0) is 18.4. The molecule has 0 aliphatic rings. The molecule has 1 heterocycles. The van der Waals surface area contributed by atoms with Gasteiger partial charge in [-0.25, -0.2) is 4.39 Å². The Morgan fingerprint density at radius 1 is 1.23 bits per heavy atom. The van der Waals surface area contributed by atoms with Gasteiger partial charge in [0.2, 0.25) is 5.91 Å². The molecule has 5 nitrogen and oxygen atoms in total. The molecule has 0 aliphatic heterocycles. The van der Waals surface area contributed by atoms with Crippen LogP contribution in [-0.4, -0.2) is 22.8 Å². The summed E-state index contributed by atoms with van der Waals surface area (Å²) in [6.07, 6.45) is 6.33. The van der Waals surface area contributed by atoms with Gasteiger partial charge >= 0.3 is 0 Å². The molecule has 132 valence electrons.